The van der Waals surface area contributed by atoms with Crippen LogP contribution in [0.3, 0.4) is 0 Å². The molecule has 2 aromatic rings. The van der Waals surface area contributed by atoms with E-state index in [1.54, 1.807) is 36.4 Å². The summed E-state index contributed by atoms with van der Waals surface area (Å²) in [6.45, 7) is 1.66. The number of hydrogen-bond donors (Lipinski definition) is 0. The minimum Gasteiger partial charge on any atom is -0.496 e. The smallest absolute Gasteiger partial charge is 0.338 e. The molecule has 0 saturated carbocycles. The Hall–Kier alpha value is -3.02. The van der Waals surface area contributed by atoms with Crippen LogP contribution in [-0.2, 0) is 4.74 Å². The fraction of sp³-hybridized carbons (Fsp3) is 0.222. The molecule has 0 spiro atoms. The molecule has 0 aromatic heterocycles. The number of aryl methyl sites for hydroxylation is 1. The molecule has 0 unspecified atom stereocenters. The molecule has 0 atom stereocenters. The maximum Gasteiger partial charge on any atom is 0.338 e. The molecule has 2 aromatic carbocycles. The third kappa shape index (κ3) is 3.17. The Morgan fingerprint density at radius 1 is 1.04 bits per heavy atom. The second kappa shape index (κ2) is 6.62. The van der Waals surface area contributed by atoms with Crippen LogP contribution in [0.15, 0.2) is 36.4 Å². The van der Waals surface area contributed by atoms with Crippen molar-refractivity contribution in [2.75, 3.05) is 20.5 Å². The third-order valence-electron chi connectivity index (χ3n) is 3.67. The summed E-state index contributed by atoms with van der Waals surface area (Å²) in [6.07, 6.45) is 0. The number of benzene rings is 2. The number of carbonyl (C=O) groups excluding carboxylic acids is 2. The van der Waals surface area contributed by atoms with E-state index < -0.39 is 5.97 Å². The van der Waals surface area contributed by atoms with Gasteiger partial charge in [-0.3, -0.25) is 4.79 Å². The monoisotopic (exact) mass is 328 g/mol. The zero-order valence-corrected chi connectivity index (χ0v) is 13.3. The largest absolute Gasteiger partial charge is 0.496 e. The Morgan fingerprint density at radius 3 is 2.58 bits per heavy atom. The Kier molecular flexibility index (Phi) is 4.37. The molecule has 6 heteroatoms. The minimum absolute atomic E-state index is 0.136. The molecule has 0 bridgehead atoms. The number of ketones is 1. The highest BCUT2D eigenvalue weighted by atomic mass is 16.7. The fourth-order valence-corrected chi connectivity index (χ4v) is 2.31. The van der Waals surface area contributed by atoms with Crippen molar-refractivity contribution < 1.29 is 28.5 Å². The quantitative estimate of drug-likeness (QED) is 0.621. The predicted octanol–water partition coefficient (Wildman–Crippen LogP) is 2.77. The number of carbonyl (C=O) groups is 2. The number of Topliss-reactive ketones (excluding diaryl/α,β-unsaturated/α-hetero) is 1. The van der Waals surface area contributed by atoms with Gasteiger partial charge in [0.05, 0.1) is 12.7 Å². The molecule has 6 nitrogen and oxygen atoms in total. The molecule has 1 aliphatic rings. The van der Waals surface area contributed by atoms with Crippen LogP contribution in [0.4, 0.5) is 0 Å². The van der Waals surface area contributed by atoms with E-state index in [2.05, 4.69) is 0 Å². The van der Waals surface area contributed by atoms with E-state index in [4.69, 9.17) is 18.9 Å². The van der Waals surface area contributed by atoms with Gasteiger partial charge in [-0.25, -0.2) is 4.79 Å². The van der Waals surface area contributed by atoms with Gasteiger partial charge in [-0.05, 0) is 42.8 Å². The summed E-state index contributed by atoms with van der Waals surface area (Å²) in [5, 5.41) is 0. The first-order valence-electron chi connectivity index (χ1n) is 7.33. The Morgan fingerprint density at radius 2 is 1.79 bits per heavy atom. The Labute approximate surface area is 138 Å². The second-order valence-corrected chi connectivity index (χ2v) is 5.25. The van der Waals surface area contributed by atoms with Gasteiger partial charge >= 0.3 is 5.97 Å². The van der Waals surface area contributed by atoms with E-state index >= 15 is 0 Å². The molecular weight excluding hydrogens is 312 g/mol. The van der Waals surface area contributed by atoms with Crippen molar-refractivity contribution in [3.63, 3.8) is 0 Å². The molecule has 0 fully saturated rings. The highest BCUT2D eigenvalue weighted by Crippen LogP contribution is 2.32. The van der Waals surface area contributed by atoms with Crippen molar-refractivity contribution in [2.45, 2.75) is 6.92 Å². The number of rotatable bonds is 5. The van der Waals surface area contributed by atoms with Crippen molar-refractivity contribution in [3.05, 3.63) is 53.1 Å². The van der Waals surface area contributed by atoms with E-state index in [-0.39, 0.29) is 19.2 Å². The zero-order chi connectivity index (χ0) is 17.1. The van der Waals surface area contributed by atoms with Crippen LogP contribution in [-0.4, -0.2) is 32.3 Å². The van der Waals surface area contributed by atoms with Crippen LogP contribution < -0.4 is 14.2 Å². The first-order valence-corrected chi connectivity index (χ1v) is 7.33. The Bertz CT molecular complexity index is 773. The summed E-state index contributed by atoms with van der Waals surface area (Å²) in [4.78, 5) is 24.2. The maximum atomic E-state index is 12.2. The average molecular weight is 328 g/mol. The van der Waals surface area contributed by atoms with Crippen molar-refractivity contribution in [3.8, 4) is 17.2 Å². The molecular formula is C18H16O6. The Balaban J connectivity index is 1.64. The molecule has 1 aliphatic heterocycles. The van der Waals surface area contributed by atoms with Crippen LogP contribution in [0.5, 0.6) is 17.2 Å². The lowest BCUT2D eigenvalue weighted by Gasteiger charge is -2.08. The molecule has 0 N–H and O–H groups in total. The predicted molar refractivity (Wildman–Crippen MR) is 84.9 cm³/mol. The fourth-order valence-electron chi connectivity index (χ4n) is 2.31. The van der Waals surface area contributed by atoms with Crippen molar-refractivity contribution >= 4 is 11.8 Å². The summed E-state index contributed by atoms with van der Waals surface area (Å²) in [5.41, 5.74) is 1.63. The van der Waals surface area contributed by atoms with Crippen LogP contribution in [0.25, 0.3) is 0 Å². The minimum atomic E-state index is -0.581. The first-order chi connectivity index (χ1) is 11.6. The molecule has 0 saturated heterocycles. The van der Waals surface area contributed by atoms with Gasteiger partial charge in [0.15, 0.2) is 23.9 Å². The topological polar surface area (TPSA) is 71.1 Å². The van der Waals surface area contributed by atoms with Gasteiger partial charge in [0, 0.05) is 5.56 Å². The van der Waals surface area contributed by atoms with Gasteiger partial charge in [-0.1, -0.05) is 6.07 Å². The van der Waals surface area contributed by atoms with Crippen molar-refractivity contribution in [1.82, 2.24) is 0 Å². The van der Waals surface area contributed by atoms with Crippen LogP contribution in [0.2, 0.25) is 0 Å². The normalized spacial score (nSPS) is 11.9. The zero-order valence-electron chi connectivity index (χ0n) is 13.3. The molecule has 3 rings (SSSR count). The van der Waals surface area contributed by atoms with E-state index in [1.165, 1.54) is 7.11 Å². The van der Waals surface area contributed by atoms with E-state index in [1.807, 2.05) is 6.92 Å². The van der Waals surface area contributed by atoms with Crippen LogP contribution in [0, 0.1) is 6.92 Å². The molecule has 0 aliphatic carbocycles. The summed E-state index contributed by atoms with van der Waals surface area (Å²) >= 11 is 0. The summed E-state index contributed by atoms with van der Waals surface area (Å²) in [5.74, 6) is 0.792. The summed E-state index contributed by atoms with van der Waals surface area (Å²) in [6, 6.07) is 9.82. The van der Waals surface area contributed by atoms with E-state index in [9.17, 15) is 9.59 Å². The molecule has 1 heterocycles. The molecule has 0 amide bonds. The first kappa shape index (κ1) is 15.9. The van der Waals surface area contributed by atoms with Crippen LogP contribution in [0.1, 0.15) is 26.3 Å². The van der Waals surface area contributed by atoms with Gasteiger partial charge < -0.3 is 18.9 Å². The lowest BCUT2D eigenvalue weighted by Crippen LogP contribution is -2.14. The van der Waals surface area contributed by atoms with E-state index in [0.29, 0.717) is 28.4 Å². The molecule has 0 radical (unpaired) electrons. The number of hydrogen-bond acceptors (Lipinski definition) is 6. The average Bonchev–Trinajstić information content (AvgIpc) is 3.07. The highest BCUT2D eigenvalue weighted by Gasteiger charge is 2.18. The highest BCUT2D eigenvalue weighted by molar-refractivity contribution is 6.00. The van der Waals surface area contributed by atoms with Gasteiger partial charge in [0.25, 0.3) is 0 Å². The third-order valence-corrected chi connectivity index (χ3v) is 3.67. The van der Waals surface area contributed by atoms with Crippen molar-refractivity contribution in [2.24, 2.45) is 0 Å². The van der Waals surface area contributed by atoms with Gasteiger partial charge in [-0.15, -0.1) is 0 Å². The van der Waals surface area contributed by atoms with Crippen LogP contribution >= 0.6 is 0 Å². The number of ether oxygens (including phenoxy) is 4. The summed E-state index contributed by atoms with van der Waals surface area (Å²) < 4.78 is 20.7. The number of methoxy groups -OCH3 is 1. The molecule has 24 heavy (non-hydrogen) atoms. The second-order valence-electron chi connectivity index (χ2n) is 5.25. The SMILES string of the molecule is COc1cc(C(=O)OCC(=O)c2ccc3c(c2)OCO3)ccc1C. The van der Waals surface area contributed by atoms with Gasteiger partial charge in [0.2, 0.25) is 6.79 Å². The van der Waals surface area contributed by atoms with Gasteiger partial charge in [0.1, 0.15) is 5.75 Å². The standard InChI is InChI=1S/C18H16O6/c1-11-3-4-13(8-16(11)21-2)18(20)22-9-14(19)12-5-6-15-17(7-12)24-10-23-15/h3-8H,9-10H2,1-2H3. The lowest BCUT2D eigenvalue weighted by atomic mass is 10.1. The molecule has 124 valence electrons. The maximum absolute atomic E-state index is 12.2. The lowest BCUT2D eigenvalue weighted by molar-refractivity contribution is 0.0474. The summed E-state index contributed by atoms with van der Waals surface area (Å²) in [7, 11) is 1.53. The number of fused-ring (bicyclic) bond motifs is 1. The van der Waals surface area contributed by atoms with Crippen molar-refractivity contribution in [1.29, 1.82) is 0 Å². The number of esters is 1. The van der Waals surface area contributed by atoms with E-state index in [0.717, 1.165) is 5.56 Å². The van der Waals surface area contributed by atoms with Gasteiger partial charge in [-0.2, -0.15) is 0 Å².